The van der Waals surface area contributed by atoms with Crippen molar-refractivity contribution < 1.29 is 5.11 Å². The monoisotopic (exact) mass is 310 g/mol. The highest BCUT2D eigenvalue weighted by molar-refractivity contribution is 5.01. The van der Waals surface area contributed by atoms with Gasteiger partial charge in [-0.25, -0.2) is 0 Å². The van der Waals surface area contributed by atoms with Crippen LogP contribution >= 0.6 is 0 Å². The summed E-state index contributed by atoms with van der Waals surface area (Å²) >= 11 is 0. The van der Waals surface area contributed by atoms with Crippen molar-refractivity contribution in [1.82, 2.24) is 5.32 Å². The van der Waals surface area contributed by atoms with Crippen LogP contribution in [0.5, 0.6) is 0 Å². The highest BCUT2D eigenvalue weighted by atomic mass is 16.3. The second kappa shape index (κ2) is 5.75. The Morgan fingerprint density at radius 2 is 1.64 bits per heavy atom. The van der Waals surface area contributed by atoms with Gasteiger partial charge in [-0.3, -0.25) is 5.32 Å². The van der Waals surface area contributed by atoms with Gasteiger partial charge in [0.25, 0.3) is 0 Å². The average Bonchev–Trinajstić information content (AvgIpc) is 2.21. The molecule has 0 spiro atoms. The summed E-state index contributed by atoms with van der Waals surface area (Å²) in [5, 5.41) is 15.0. The molecule has 22 heavy (non-hydrogen) atoms. The van der Waals surface area contributed by atoms with Gasteiger partial charge in [-0.05, 0) is 67.2 Å². The molecule has 0 bridgehead atoms. The number of nitrogens with two attached hydrogens (primary N) is 1. The van der Waals surface area contributed by atoms with Crippen LogP contribution in [0.2, 0.25) is 0 Å². The lowest BCUT2D eigenvalue weighted by molar-refractivity contribution is -0.121. The van der Waals surface area contributed by atoms with E-state index in [0.717, 1.165) is 31.6 Å². The molecule has 0 amide bonds. The first kappa shape index (κ1) is 18.2. The molecule has 2 saturated carbocycles. The van der Waals surface area contributed by atoms with Gasteiger partial charge < -0.3 is 10.8 Å². The van der Waals surface area contributed by atoms with E-state index in [2.05, 4.69) is 46.9 Å². The lowest BCUT2D eigenvalue weighted by atomic mass is 9.61. The third-order valence-corrected chi connectivity index (χ3v) is 5.75. The lowest BCUT2D eigenvalue weighted by Crippen LogP contribution is -2.60. The Labute approximate surface area is 137 Å². The van der Waals surface area contributed by atoms with E-state index in [9.17, 15) is 5.11 Å². The summed E-state index contributed by atoms with van der Waals surface area (Å²) in [6.45, 7) is 14.5. The van der Waals surface area contributed by atoms with Crippen LogP contribution in [0.25, 0.3) is 0 Å². The van der Waals surface area contributed by atoms with Crippen molar-refractivity contribution in [1.29, 1.82) is 0 Å². The lowest BCUT2D eigenvalue weighted by Gasteiger charge is -2.53. The van der Waals surface area contributed by atoms with Crippen LogP contribution in [0.15, 0.2) is 0 Å². The van der Waals surface area contributed by atoms with Gasteiger partial charge in [-0.1, -0.05) is 41.5 Å². The van der Waals surface area contributed by atoms with Gasteiger partial charge in [0, 0.05) is 6.04 Å². The quantitative estimate of drug-likeness (QED) is 0.697. The molecule has 2 aliphatic carbocycles. The molecule has 0 saturated heterocycles. The summed E-state index contributed by atoms with van der Waals surface area (Å²) in [5.41, 5.74) is 5.79. The van der Waals surface area contributed by atoms with Crippen molar-refractivity contribution in [2.75, 3.05) is 6.54 Å². The summed E-state index contributed by atoms with van der Waals surface area (Å²) in [7, 11) is 0. The molecule has 4 atom stereocenters. The van der Waals surface area contributed by atoms with E-state index < -0.39 is 5.72 Å². The maximum atomic E-state index is 11.3. The third-order valence-electron chi connectivity index (χ3n) is 5.75. The molecule has 4 unspecified atom stereocenters. The van der Waals surface area contributed by atoms with Crippen LogP contribution in [0.4, 0.5) is 0 Å². The first-order valence-electron chi connectivity index (χ1n) is 9.06. The van der Waals surface area contributed by atoms with Gasteiger partial charge in [0.05, 0.1) is 0 Å². The van der Waals surface area contributed by atoms with Crippen LogP contribution in [-0.2, 0) is 0 Å². The standard InChI is InChI=1S/C19H38N2O/c1-14-7-15(9-16(2,3)8-14)21-19(22)11-17(4,5)10-18(6,12-19)13-20/h14-15,21-22H,7-13,20H2,1-6H3. The largest absolute Gasteiger partial charge is 0.376 e. The maximum absolute atomic E-state index is 11.3. The van der Waals surface area contributed by atoms with Gasteiger partial charge in [0.1, 0.15) is 5.72 Å². The molecular weight excluding hydrogens is 272 g/mol. The van der Waals surface area contributed by atoms with E-state index >= 15 is 0 Å². The van der Waals surface area contributed by atoms with Crippen molar-refractivity contribution in [2.45, 2.75) is 91.8 Å². The molecule has 2 rings (SSSR count). The van der Waals surface area contributed by atoms with E-state index in [-0.39, 0.29) is 10.8 Å². The molecule has 0 aromatic heterocycles. The topological polar surface area (TPSA) is 58.3 Å². The minimum atomic E-state index is -0.770. The van der Waals surface area contributed by atoms with E-state index in [1.54, 1.807) is 0 Å². The molecule has 2 aliphatic rings. The Morgan fingerprint density at radius 1 is 1.00 bits per heavy atom. The van der Waals surface area contributed by atoms with Crippen LogP contribution in [-0.4, -0.2) is 23.4 Å². The second-order valence-electron chi connectivity index (χ2n) is 10.5. The van der Waals surface area contributed by atoms with Crippen molar-refractivity contribution in [3.05, 3.63) is 0 Å². The predicted octanol–water partition coefficient (Wildman–Crippen LogP) is 3.65. The summed E-state index contributed by atoms with van der Waals surface area (Å²) in [6.07, 6.45) is 6.29. The third kappa shape index (κ3) is 4.46. The highest BCUT2D eigenvalue weighted by Gasteiger charge is 2.49. The van der Waals surface area contributed by atoms with Gasteiger partial charge in [-0.2, -0.15) is 0 Å². The van der Waals surface area contributed by atoms with Crippen molar-refractivity contribution in [2.24, 2.45) is 27.9 Å². The number of nitrogens with one attached hydrogen (secondary N) is 1. The van der Waals surface area contributed by atoms with E-state index in [1.807, 2.05) is 0 Å². The molecule has 4 N–H and O–H groups in total. The molecule has 0 aromatic rings. The fourth-order valence-corrected chi connectivity index (χ4v) is 5.92. The van der Waals surface area contributed by atoms with Crippen LogP contribution in [0.3, 0.4) is 0 Å². The zero-order chi connectivity index (χ0) is 16.8. The fraction of sp³-hybridized carbons (Fsp3) is 1.00. The van der Waals surface area contributed by atoms with Gasteiger partial charge >= 0.3 is 0 Å². The van der Waals surface area contributed by atoms with Gasteiger partial charge in [0.15, 0.2) is 0 Å². The summed E-state index contributed by atoms with van der Waals surface area (Å²) in [5.74, 6) is 0.724. The fourth-order valence-electron chi connectivity index (χ4n) is 5.92. The smallest absolute Gasteiger partial charge is 0.117 e. The summed E-state index contributed by atoms with van der Waals surface area (Å²) < 4.78 is 0. The minimum absolute atomic E-state index is 0.0271. The molecule has 0 aliphatic heterocycles. The maximum Gasteiger partial charge on any atom is 0.117 e. The van der Waals surface area contributed by atoms with Gasteiger partial charge in [-0.15, -0.1) is 0 Å². The Balaban J connectivity index is 2.12. The number of aliphatic hydroxyl groups is 1. The molecule has 3 heteroatoms. The SMILES string of the molecule is CC1CC(NC2(O)CC(C)(C)CC(C)(CN)C2)CC(C)(C)C1. The Kier molecular flexibility index (Phi) is 4.76. The summed E-state index contributed by atoms with van der Waals surface area (Å²) in [6, 6.07) is 0.416. The van der Waals surface area contributed by atoms with Crippen LogP contribution in [0.1, 0.15) is 80.1 Å². The zero-order valence-corrected chi connectivity index (χ0v) is 15.6. The Morgan fingerprint density at radius 3 is 2.18 bits per heavy atom. The van der Waals surface area contributed by atoms with Crippen molar-refractivity contribution in [3.8, 4) is 0 Å². The Hall–Kier alpha value is -0.120. The molecule has 0 heterocycles. The van der Waals surface area contributed by atoms with E-state index in [4.69, 9.17) is 5.73 Å². The first-order valence-corrected chi connectivity index (χ1v) is 9.06. The van der Waals surface area contributed by atoms with E-state index in [1.165, 1.54) is 12.8 Å². The number of hydrogen-bond donors (Lipinski definition) is 3. The van der Waals surface area contributed by atoms with Crippen molar-refractivity contribution in [3.63, 3.8) is 0 Å². The molecule has 130 valence electrons. The normalized spacial score (nSPS) is 44.7. The van der Waals surface area contributed by atoms with Crippen molar-refractivity contribution >= 4 is 0 Å². The highest BCUT2D eigenvalue weighted by Crippen LogP contribution is 2.50. The zero-order valence-electron chi connectivity index (χ0n) is 15.6. The molecule has 0 aromatic carbocycles. The molecule has 3 nitrogen and oxygen atoms in total. The molecular formula is C19H38N2O. The molecule has 0 radical (unpaired) electrons. The van der Waals surface area contributed by atoms with E-state index in [0.29, 0.717) is 18.0 Å². The van der Waals surface area contributed by atoms with Gasteiger partial charge in [0.2, 0.25) is 0 Å². The summed E-state index contributed by atoms with van der Waals surface area (Å²) in [4.78, 5) is 0. The number of rotatable bonds is 3. The number of hydrogen-bond acceptors (Lipinski definition) is 3. The van der Waals surface area contributed by atoms with Crippen LogP contribution in [0, 0.1) is 22.2 Å². The Bertz CT molecular complexity index is 406. The average molecular weight is 311 g/mol. The molecule has 2 fully saturated rings. The predicted molar refractivity (Wildman–Crippen MR) is 93.5 cm³/mol. The second-order valence-corrected chi connectivity index (χ2v) is 10.5. The first-order chi connectivity index (χ1) is 9.86. The van der Waals surface area contributed by atoms with Crippen LogP contribution < -0.4 is 11.1 Å². The minimum Gasteiger partial charge on any atom is -0.376 e.